The molecule has 0 unspecified atom stereocenters. The second-order valence-corrected chi connectivity index (χ2v) is 6.68. The summed E-state index contributed by atoms with van der Waals surface area (Å²) in [5.41, 5.74) is 1.41. The largest absolute Gasteiger partial charge is 0.467 e. The topological polar surface area (TPSA) is 111 Å². The van der Waals surface area contributed by atoms with E-state index in [2.05, 4.69) is 15.6 Å². The Balaban J connectivity index is 1.49. The number of nitrogens with one attached hydrogen (secondary N) is 2. The molecule has 3 amide bonds. The molecule has 0 aliphatic carbocycles. The van der Waals surface area contributed by atoms with E-state index < -0.39 is 24.5 Å². The smallest absolute Gasteiger partial charge is 0.350 e. The first kappa shape index (κ1) is 19.3. The molecule has 9 heteroatoms. The summed E-state index contributed by atoms with van der Waals surface area (Å²) in [6.07, 6.45) is 1.48. The fourth-order valence-electron chi connectivity index (χ4n) is 2.27. The summed E-state index contributed by atoms with van der Waals surface area (Å²) in [5, 5.41) is 5.21. The lowest BCUT2D eigenvalue weighted by molar-refractivity contribution is -0.123. The van der Waals surface area contributed by atoms with Crippen molar-refractivity contribution >= 4 is 29.2 Å². The number of carbonyl (C=O) groups is 3. The minimum Gasteiger partial charge on any atom is -0.467 e. The van der Waals surface area contributed by atoms with Gasteiger partial charge in [-0.25, -0.2) is 14.6 Å². The molecule has 144 valence electrons. The number of carbonyl (C=O) groups excluding carboxylic acids is 3. The summed E-state index contributed by atoms with van der Waals surface area (Å²) in [6.45, 7) is 1.25. The SMILES string of the molecule is Cc1nc(-c2ccccc2)sc1C(=O)OCC(=O)NC(=O)NCc1ccco1. The average Bonchev–Trinajstić information content (AvgIpc) is 3.35. The van der Waals surface area contributed by atoms with Crippen molar-refractivity contribution in [2.24, 2.45) is 0 Å². The number of ether oxygens (including phenoxy) is 1. The molecule has 0 atom stereocenters. The third-order valence-corrected chi connectivity index (χ3v) is 4.78. The van der Waals surface area contributed by atoms with E-state index in [1.54, 1.807) is 19.1 Å². The number of furan rings is 1. The molecule has 2 N–H and O–H groups in total. The average molecular weight is 399 g/mol. The lowest BCUT2D eigenvalue weighted by atomic mass is 10.2. The van der Waals surface area contributed by atoms with Gasteiger partial charge >= 0.3 is 12.0 Å². The Labute approximate surface area is 164 Å². The van der Waals surface area contributed by atoms with E-state index >= 15 is 0 Å². The summed E-state index contributed by atoms with van der Waals surface area (Å²) >= 11 is 1.19. The standard InChI is InChI=1S/C19H17N3O5S/c1-12-16(28-17(21-12)13-6-3-2-4-7-13)18(24)27-11-15(23)22-19(25)20-10-14-8-5-9-26-14/h2-9H,10-11H2,1H3,(H2,20,22,23,25). The maximum absolute atomic E-state index is 12.2. The van der Waals surface area contributed by atoms with Crippen LogP contribution >= 0.6 is 11.3 Å². The van der Waals surface area contributed by atoms with Crippen molar-refractivity contribution in [1.82, 2.24) is 15.6 Å². The highest BCUT2D eigenvalue weighted by molar-refractivity contribution is 7.17. The number of nitrogens with zero attached hydrogens (tertiary/aromatic N) is 1. The van der Waals surface area contributed by atoms with Crippen molar-refractivity contribution in [1.29, 1.82) is 0 Å². The molecule has 0 spiro atoms. The van der Waals surface area contributed by atoms with Crippen LogP contribution in [-0.2, 0) is 16.1 Å². The van der Waals surface area contributed by atoms with Gasteiger partial charge in [0.1, 0.15) is 15.6 Å². The minimum absolute atomic E-state index is 0.133. The van der Waals surface area contributed by atoms with Gasteiger partial charge in [0, 0.05) is 5.56 Å². The molecule has 28 heavy (non-hydrogen) atoms. The van der Waals surface area contributed by atoms with Crippen LogP contribution < -0.4 is 10.6 Å². The van der Waals surface area contributed by atoms with Gasteiger partial charge in [-0.3, -0.25) is 10.1 Å². The third-order valence-electron chi connectivity index (χ3n) is 3.59. The van der Waals surface area contributed by atoms with Crippen LogP contribution in [0.15, 0.2) is 53.1 Å². The molecular weight excluding hydrogens is 382 g/mol. The number of amides is 3. The lowest BCUT2D eigenvalue weighted by Crippen LogP contribution is -2.41. The molecule has 0 fully saturated rings. The zero-order chi connectivity index (χ0) is 19.9. The van der Waals surface area contributed by atoms with E-state index in [1.807, 2.05) is 30.3 Å². The van der Waals surface area contributed by atoms with Crippen molar-refractivity contribution < 1.29 is 23.5 Å². The molecule has 0 bridgehead atoms. The maximum Gasteiger partial charge on any atom is 0.350 e. The van der Waals surface area contributed by atoms with Crippen LogP contribution in [0.5, 0.6) is 0 Å². The van der Waals surface area contributed by atoms with E-state index in [4.69, 9.17) is 9.15 Å². The Morgan fingerprint density at radius 2 is 1.93 bits per heavy atom. The van der Waals surface area contributed by atoms with Gasteiger partial charge in [-0.15, -0.1) is 11.3 Å². The van der Waals surface area contributed by atoms with Crippen LogP contribution in [0, 0.1) is 6.92 Å². The molecule has 2 heterocycles. The quantitative estimate of drug-likeness (QED) is 0.617. The fraction of sp³-hybridized carbons (Fsp3) is 0.158. The number of esters is 1. The highest BCUT2D eigenvalue weighted by atomic mass is 32.1. The van der Waals surface area contributed by atoms with Gasteiger partial charge in [0.15, 0.2) is 6.61 Å². The molecule has 0 saturated heterocycles. The molecule has 8 nitrogen and oxygen atoms in total. The molecule has 1 aromatic carbocycles. The molecular formula is C19H17N3O5S. The first-order valence-corrected chi connectivity index (χ1v) is 9.14. The number of hydrogen-bond acceptors (Lipinski definition) is 7. The molecule has 3 rings (SSSR count). The summed E-state index contributed by atoms with van der Waals surface area (Å²) < 4.78 is 10.1. The molecule has 0 saturated carbocycles. The van der Waals surface area contributed by atoms with Crippen molar-refractivity contribution in [3.63, 3.8) is 0 Å². The van der Waals surface area contributed by atoms with Gasteiger partial charge in [-0.05, 0) is 19.1 Å². The summed E-state index contributed by atoms with van der Waals surface area (Å²) in [4.78, 5) is 40.3. The molecule has 2 aromatic heterocycles. The summed E-state index contributed by atoms with van der Waals surface area (Å²) in [7, 11) is 0. The van der Waals surface area contributed by atoms with Crippen molar-refractivity contribution in [3.8, 4) is 10.6 Å². The molecule has 3 aromatic rings. The number of aryl methyl sites for hydroxylation is 1. The first-order chi connectivity index (χ1) is 13.5. The van der Waals surface area contributed by atoms with Crippen molar-refractivity contribution in [2.75, 3.05) is 6.61 Å². The molecule has 0 aliphatic rings. The van der Waals surface area contributed by atoms with Gasteiger partial charge < -0.3 is 14.5 Å². The maximum atomic E-state index is 12.2. The number of urea groups is 1. The number of imide groups is 1. The van der Waals surface area contributed by atoms with Crippen molar-refractivity contribution in [2.45, 2.75) is 13.5 Å². The van der Waals surface area contributed by atoms with Gasteiger partial charge in [0.05, 0.1) is 18.5 Å². The number of hydrogen-bond donors (Lipinski definition) is 2. The monoisotopic (exact) mass is 399 g/mol. The minimum atomic E-state index is -0.740. The Kier molecular flexibility index (Phi) is 6.18. The second kappa shape index (κ2) is 8.96. The highest BCUT2D eigenvalue weighted by Crippen LogP contribution is 2.28. The van der Waals surface area contributed by atoms with E-state index in [-0.39, 0.29) is 6.54 Å². The van der Waals surface area contributed by atoms with E-state index in [0.29, 0.717) is 21.3 Å². The van der Waals surface area contributed by atoms with E-state index in [9.17, 15) is 14.4 Å². The number of benzene rings is 1. The van der Waals surface area contributed by atoms with Crippen LogP contribution in [0.3, 0.4) is 0 Å². The lowest BCUT2D eigenvalue weighted by Gasteiger charge is -2.06. The number of rotatable bonds is 6. The van der Waals surface area contributed by atoms with E-state index in [0.717, 1.165) is 5.56 Å². The predicted molar refractivity (Wildman–Crippen MR) is 102 cm³/mol. The Hall–Kier alpha value is -3.46. The van der Waals surface area contributed by atoms with Crippen LogP contribution in [0.25, 0.3) is 10.6 Å². The van der Waals surface area contributed by atoms with Gasteiger partial charge in [0.2, 0.25) is 0 Å². The summed E-state index contributed by atoms with van der Waals surface area (Å²) in [5.74, 6) is -0.858. The summed E-state index contributed by atoms with van der Waals surface area (Å²) in [6, 6.07) is 12.1. The van der Waals surface area contributed by atoms with Crippen molar-refractivity contribution in [3.05, 3.63) is 65.1 Å². The van der Waals surface area contributed by atoms with Gasteiger partial charge in [-0.2, -0.15) is 0 Å². The van der Waals surface area contributed by atoms with Crippen LogP contribution in [0.1, 0.15) is 21.1 Å². The third kappa shape index (κ3) is 5.04. The number of aromatic nitrogens is 1. The second-order valence-electron chi connectivity index (χ2n) is 5.69. The molecule has 0 aliphatic heterocycles. The first-order valence-electron chi connectivity index (χ1n) is 8.33. The van der Waals surface area contributed by atoms with Crippen LogP contribution in [0.2, 0.25) is 0 Å². The Morgan fingerprint density at radius 1 is 1.14 bits per heavy atom. The number of thiazole rings is 1. The van der Waals surface area contributed by atoms with Crippen LogP contribution in [0.4, 0.5) is 4.79 Å². The Morgan fingerprint density at radius 3 is 2.64 bits per heavy atom. The Bertz CT molecular complexity index is 967. The molecule has 0 radical (unpaired) electrons. The zero-order valence-electron chi connectivity index (χ0n) is 14.9. The fourth-order valence-corrected chi connectivity index (χ4v) is 3.24. The normalized spacial score (nSPS) is 10.3. The highest BCUT2D eigenvalue weighted by Gasteiger charge is 2.19. The predicted octanol–water partition coefficient (Wildman–Crippen LogP) is 2.89. The van der Waals surface area contributed by atoms with Gasteiger partial charge in [-0.1, -0.05) is 30.3 Å². The van der Waals surface area contributed by atoms with Gasteiger partial charge in [0.25, 0.3) is 5.91 Å². The van der Waals surface area contributed by atoms with E-state index in [1.165, 1.54) is 17.6 Å². The zero-order valence-corrected chi connectivity index (χ0v) is 15.7. The van der Waals surface area contributed by atoms with Crippen LogP contribution in [-0.4, -0.2) is 29.5 Å².